The van der Waals surface area contributed by atoms with Gasteiger partial charge in [0.2, 0.25) is 0 Å². The minimum Gasteiger partial charge on any atom is -0.289 e. The highest BCUT2D eigenvalue weighted by molar-refractivity contribution is 6.25. The number of hydrogen-bond donors (Lipinski definition) is 0. The molecule has 0 radical (unpaired) electrons. The van der Waals surface area contributed by atoms with Crippen molar-refractivity contribution in [1.29, 1.82) is 0 Å². The van der Waals surface area contributed by atoms with E-state index in [1.54, 1.807) is 0 Å². The monoisotopic (exact) mass is 332 g/mol. The Morgan fingerprint density at radius 3 is 1.65 bits per heavy atom. The summed E-state index contributed by atoms with van der Waals surface area (Å²) in [5.74, 6) is 0.120. The molecule has 0 unspecified atom stereocenters. The molecule has 0 aliphatic heterocycles. The Balaban J connectivity index is 1.85. The van der Waals surface area contributed by atoms with Gasteiger partial charge in [0, 0.05) is 11.1 Å². The molecule has 0 fully saturated rings. The van der Waals surface area contributed by atoms with Crippen molar-refractivity contribution in [3.05, 3.63) is 108 Å². The fraction of sp³-hybridized carbons (Fsp3) is 0. The molecule has 26 heavy (non-hydrogen) atoms. The highest BCUT2D eigenvalue weighted by Gasteiger charge is 2.30. The SMILES string of the molecule is O=C1c2ccccc2-c2cc(-c3ccccc3)cc(-c3ccccc3)c21. The Morgan fingerprint density at radius 1 is 0.423 bits per heavy atom. The van der Waals surface area contributed by atoms with E-state index in [1.807, 2.05) is 60.7 Å². The van der Waals surface area contributed by atoms with Crippen molar-refractivity contribution in [2.75, 3.05) is 0 Å². The summed E-state index contributed by atoms with van der Waals surface area (Å²) in [7, 11) is 0. The molecule has 1 heteroatoms. The number of carbonyl (C=O) groups is 1. The van der Waals surface area contributed by atoms with Crippen LogP contribution in [0.4, 0.5) is 0 Å². The Labute approximate surface area is 152 Å². The second-order valence-electron chi connectivity index (χ2n) is 6.55. The van der Waals surface area contributed by atoms with Gasteiger partial charge >= 0.3 is 0 Å². The summed E-state index contributed by atoms with van der Waals surface area (Å²) in [5, 5.41) is 0. The topological polar surface area (TPSA) is 17.1 Å². The van der Waals surface area contributed by atoms with E-state index in [0.717, 1.165) is 44.5 Å². The van der Waals surface area contributed by atoms with Crippen LogP contribution in [0.25, 0.3) is 33.4 Å². The molecule has 4 aromatic rings. The molecule has 0 amide bonds. The van der Waals surface area contributed by atoms with Crippen molar-refractivity contribution < 1.29 is 4.79 Å². The van der Waals surface area contributed by atoms with Gasteiger partial charge in [-0.3, -0.25) is 4.79 Å². The summed E-state index contributed by atoms with van der Waals surface area (Å²) in [6.45, 7) is 0. The van der Waals surface area contributed by atoms with Gasteiger partial charge in [-0.1, -0.05) is 84.9 Å². The lowest BCUT2D eigenvalue weighted by molar-refractivity contribution is 0.104. The first-order chi connectivity index (χ1) is 12.8. The lowest BCUT2D eigenvalue weighted by atomic mass is 9.90. The smallest absolute Gasteiger partial charge is 0.194 e. The largest absolute Gasteiger partial charge is 0.289 e. The molecule has 0 N–H and O–H groups in total. The van der Waals surface area contributed by atoms with Crippen LogP contribution in [-0.4, -0.2) is 5.78 Å². The molecular formula is C25H16O. The second-order valence-corrected chi connectivity index (χ2v) is 6.55. The molecule has 0 heterocycles. The molecule has 1 aliphatic carbocycles. The maximum atomic E-state index is 13.1. The van der Waals surface area contributed by atoms with Gasteiger partial charge in [-0.2, -0.15) is 0 Å². The van der Waals surface area contributed by atoms with Crippen LogP contribution in [-0.2, 0) is 0 Å². The zero-order valence-corrected chi connectivity index (χ0v) is 14.1. The summed E-state index contributed by atoms with van der Waals surface area (Å²) < 4.78 is 0. The molecule has 1 aliphatic rings. The fourth-order valence-electron chi connectivity index (χ4n) is 3.79. The molecule has 5 rings (SSSR count). The fourth-order valence-corrected chi connectivity index (χ4v) is 3.79. The molecule has 4 aromatic carbocycles. The third-order valence-electron chi connectivity index (χ3n) is 5.02. The third kappa shape index (κ3) is 2.21. The van der Waals surface area contributed by atoms with Crippen molar-refractivity contribution in [2.24, 2.45) is 0 Å². The van der Waals surface area contributed by atoms with Crippen molar-refractivity contribution in [3.8, 4) is 33.4 Å². The van der Waals surface area contributed by atoms with Gasteiger partial charge in [0.15, 0.2) is 5.78 Å². The van der Waals surface area contributed by atoms with Crippen LogP contribution < -0.4 is 0 Å². The van der Waals surface area contributed by atoms with E-state index in [-0.39, 0.29) is 5.78 Å². The van der Waals surface area contributed by atoms with E-state index in [4.69, 9.17) is 0 Å². The zero-order chi connectivity index (χ0) is 17.5. The lowest BCUT2D eigenvalue weighted by Gasteiger charge is -2.12. The van der Waals surface area contributed by atoms with Crippen LogP contribution in [0.2, 0.25) is 0 Å². The van der Waals surface area contributed by atoms with Crippen LogP contribution in [0.15, 0.2) is 97.1 Å². The molecule has 1 nitrogen and oxygen atoms in total. The molecule has 0 saturated heterocycles. The van der Waals surface area contributed by atoms with E-state index in [2.05, 4.69) is 36.4 Å². The minimum atomic E-state index is 0.120. The maximum Gasteiger partial charge on any atom is 0.194 e. The molecule has 0 spiro atoms. The van der Waals surface area contributed by atoms with Crippen molar-refractivity contribution in [2.45, 2.75) is 0 Å². The van der Waals surface area contributed by atoms with Crippen LogP contribution in [0.3, 0.4) is 0 Å². The number of carbonyl (C=O) groups excluding carboxylic acids is 1. The Bertz CT molecular complexity index is 1130. The van der Waals surface area contributed by atoms with Crippen LogP contribution in [0.5, 0.6) is 0 Å². The average molecular weight is 332 g/mol. The second kappa shape index (κ2) is 5.82. The van der Waals surface area contributed by atoms with Crippen LogP contribution in [0, 0.1) is 0 Å². The predicted octanol–water partition coefficient (Wildman–Crippen LogP) is 6.23. The predicted molar refractivity (Wildman–Crippen MR) is 106 cm³/mol. The highest BCUT2D eigenvalue weighted by Crippen LogP contribution is 2.44. The average Bonchev–Trinajstić information content (AvgIpc) is 3.01. The van der Waals surface area contributed by atoms with E-state index >= 15 is 0 Å². The van der Waals surface area contributed by atoms with E-state index in [1.165, 1.54) is 0 Å². The van der Waals surface area contributed by atoms with E-state index in [0.29, 0.717) is 0 Å². The minimum absolute atomic E-state index is 0.120. The number of ketones is 1. The molecule has 122 valence electrons. The zero-order valence-electron chi connectivity index (χ0n) is 14.1. The van der Waals surface area contributed by atoms with Gasteiger partial charge in [-0.15, -0.1) is 0 Å². The summed E-state index contributed by atoms with van der Waals surface area (Å²) >= 11 is 0. The van der Waals surface area contributed by atoms with E-state index in [9.17, 15) is 4.79 Å². The van der Waals surface area contributed by atoms with Gasteiger partial charge in [0.1, 0.15) is 0 Å². The highest BCUT2D eigenvalue weighted by atomic mass is 16.1. The lowest BCUT2D eigenvalue weighted by Crippen LogP contribution is -1.98. The first-order valence-electron chi connectivity index (χ1n) is 8.76. The third-order valence-corrected chi connectivity index (χ3v) is 5.02. The first-order valence-corrected chi connectivity index (χ1v) is 8.76. The summed E-state index contributed by atoms with van der Waals surface area (Å²) in [6.07, 6.45) is 0. The molecule has 0 aromatic heterocycles. The quantitative estimate of drug-likeness (QED) is 0.374. The Morgan fingerprint density at radius 2 is 0.962 bits per heavy atom. The van der Waals surface area contributed by atoms with Gasteiger partial charge in [0.25, 0.3) is 0 Å². The number of rotatable bonds is 2. The van der Waals surface area contributed by atoms with Gasteiger partial charge < -0.3 is 0 Å². The number of hydrogen-bond acceptors (Lipinski definition) is 1. The Hall–Kier alpha value is -3.45. The van der Waals surface area contributed by atoms with Gasteiger partial charge in [-0.05, 0) is 45.5 Å². The van der Waals surface area contributed by atoms with Crippen molar-refractivity contribution in [3.63, 3.8) is 0 Å². The molecule has 0 bridgehead atoms. The Kier molecular flexibility index (Phi) is 3.32. The molecule has 0 saturated carbocycles. The maximum absolute atomic E-state index is 13.1. The summed E-state index contributed by atoms with van der Waals surface area (Å²) in [4.78, 5) is 13.1. The normalized spacial score (nSPS) is 11.9. The molecular weight excluding hydrogens is 316 g/mol. The van der Waals surface area contributed by atoms with Crippen LogP contribution in [0.1, 0.15) is 15.9 Å². The number of fused-ring (bicyclic) bond motifs is 3. The van der Waals surface area contributed by atoms with E-state index < -0.39 is 0 Å². The standard InChI is InChI=1S/C25H16O/c26-25-21-14-8-7-13-20(21)23-16-19(17-9-3-1-4-10-17)15-22(24(23)25)18-11-5-2-6-12-18/h1-16H. The van der Waals surface area contributed by atoms with Crippen LogP contribution >= 0.6 is 0 Å². The summed E-state index contributed by atoms with van der Waals surface area (Å²) in [5.41, 5.74) is 8.04. The van der Waals surface area contributed by atoms with Gasteiger partial charge in [-0.25, -0.2) is 0 Å². The van der Waals surface area contributed by atoms with Crippen molar-refractivity contribution in [1.82, 2.24) is 0 Å². The molecule has 0 atom stereocenters. The first kappa shape index (κ1) is 14.9. The summed E-state index contributed by atoms with van der Waals surface area (Å²) in [6, 6.07) is 32.7. The van der Waals surface area contributed by atoms with Gasteiger partial charge in [0.05, 0.1) is 0 Å². The number of benzene rings is 4. The van der Waals surface area contributed by atoms with Crippen molar-refractivity contribution >= 4 is 5.78 Å².